The molecule has 0 amide bonds. The van der Waals surface area contributed by atoms with Gasteiger partial charge in [-0.25, -0.2) is 5.01 Å². The van der Waals surface area contributed by atoms with Crippen LogP contribution in [0.15, 0.2) is 5.29 Å². The van der Waals surface area contributed by atoms with Crippen LogP contribution in [0.2, 0.25) is 0 Å². The fourth-order valence-electron chi connectivity index (χ4n) is 0.439. The normalized spacial score (nSPS) is 10.5. The van der Waals surface area contributed by atoms with Gasteiger partial charge in [0.05, 0.1) is 5.29 Å². The third kappa shape index (κ3) is 4.66. The SMILES string of the molecule is CN(N=O)C(=S)NC(C)(C)C. The molecular weight excluding hydrogens is 162 g/mol. The zero-order valence-electron chi connectivity index (χ0n) is 7.21. The van der Waals surface area contributed by atoms with E-state index in [9.17, 15) is 4.91 Å². The third-order valence-corrected chi connectivity index (χ3v) is 1.26. The molecule has 0 rings (SSSR count). The molecular formula is C6H13N3OS. The molecule has 0 saturated heterocycles. The van der Waals surface area contributed by atoms with Gasteiger partial charge < -0.3 is 5.32 Å². The zero-order valence-corrected chi connectivity index (χ0v) is 8.03. The molecule has 0 aliphatic rings. The molecule has 0 aromatic carbocycles. The predicted octanol–water partition coefficient (Wildman–Crippen LogP) is 1.27. The molecule has 0 unspecified atom stereocenters. The fraction of sp³-hybridized carbons (Fsp3) is 0.833. The van der Waals surface area contributed by atoms with E-state index in [1.54, 1.807) is 0 Å². The van der Waals surface area contributed by atoms with Crippen LogP contribution in [0.1, 0.15) is 20.8 Å². The van der Waals surface area contributed by atoms with Gasteiger partial charge in [0.1, 0.15) is 0 Å². The second-order valence-electron chi connectivity index (χ2n) is 3.29. The monoisotopic (exact) mass is 175 g/mol. The van der Waals surface area contributed by atoms with Crippen LogP contribution in [0.3, 0.4) is 0 Å². The average molecular weight is 175 g/mol. The Morgan fingerprint density at radius 3 is 2.27 bits per heavy atom. The highest BCUT2D eigenvalue weighted by Crippen LogP contribution is 1.99. The first-order valence-corrected chi connectivity index (χ1v) is 3.67. The Kier molecular flexibility index (Phi) is 3.38. The maximum absolute atomic E-state index is 9.98. The summed E-state index contributed by atoms with van der Waals surface area (Å²) in [5.41, 5.74) is -0.129. The van der Waals surface area contributed by atoms with Gasteiger partial charge >= 0.3 is 0 Å². The van der Waals surface area contributed by atoms with Gasteiger partial charge in [0.15, 0.2) is 5.11 Å². The average Bonchev–Trinajstić information content (AvgIpc) is 1.82. The summed E-state index contributed by atoms with van der Waals surface area (Å²) in [6, 6.07) is 0. The molecule has 0 saturated carbocycles. The van der Waals surface area contributed by atoms with Crippen LogP contribution in [0.25, 0.3) is 0 Å². The van der Waals surface area contributed by atoms with Gasteiger partial charge in [0.25, 0.3) is 0 Å². The number of rotatable bonds is 1. The Labute approximate surface area is 71.9 Å². The minimum Gasteiger partial charge on any atom is -0.356 e. The number of nitrogens with one attached hydrogen (secondary N) is 1. The van der Waals surface area contributed by atoms with Crippen LogP contribution < -0.4 is 5.32 Å². The molecule has 0 aromatic rings. The summed E-state index contributed by atoms with van der Waals surface area (Å²) >= 11 is 4.85. The van der Waals surface area contributed by atoms with Crippen LogP contribution >= 0.6 is 12.2 Å². The van der Waals surface area contributed by atoms with Crippen LogP contribution in [0.4, 0.5) is 0 Å². The number of hydrogen-bond acceptors (Lipinski definition) is 3. The van der Waals surface area contributed by atoms with E-state index in [0.29, 0.717) is 5.11 Å². The van der Waals surface area contributed by atoms with Crippen molar-refractivity contribution in [3.63, 3.8) is 0 Å². The second kappa shape index (κ2) is 3.61. The first-order valence-electron chi connectivity index (χ1n) is 3.26. The summed E-state index contributed by atoms with van der Waals surface area (Å²) in [5.74, 6) is 0. The Morgan fingerprint density at radius 1 is 1.55 bits per heavy atom. The van der Waals surface area contributed by atoms with Gasteiger partial charge in [-0.1, -0.05) is 0 Å². The third-order valence-electron chi connectivity index (χ3n) is 0.898. The van der Waals surface area contributed by atoms with Crippen molar-refractivity contribution in [1.29, 1.82) is 0 Å². The molecule has 64 valence electrons. The first kappa shape index (κ1) is 10.3. The Balaban J connectivity index is 3.98. The minimum atomic E-state index is -0.129. The van der Waals surface area contributed by atoms with Crippen molar-refractivity contribution in [2.75, 3.05) is 7.05 Å². The zero-order chi connectivity index (χ0) is 9.07. The molecule has 0 fully saturated rings. The maximum Gasteiger partial charge on any atom is 0.192 e. The van der Waals surface area contributed by atoms with E-state index in [-0.39, 0.29) is 5.54 Å². The van der Waals surface area contributed by atoms with Crippen molar-refractivity contribution in [1.82, 2.24) is 10.3 Å². The van der Waals surface area contributed by atoms with Gasteiger partial charge in [0, 0.05) is 12.6 Å². The molecule has 0 aliphatic heterocycles. The van der Waals surface area contributed by atoms with E-state index in [0.717, 1.165) is 5.01 Å². The number of hydrogen-bond donors (Lipinski definition) is 1. The smallest absolute Gasteiger partial charge is 0.192 e. The highest BCUT2D eigenvalue weighted by Gasteiger charge is 2.13. The maximum atomic E-state index is 9.98. The molecule has 1 N–H and O–H groups in total. The van der Waals surface area contributed by atoms with E-state index < -0.39 is 0 Å². The molecule has 4 nitrogen and oxygen atoms in total. The topological polar surface area (TPSA) is 44.7 Å². The minimum absolute atomic E-state index is 0.129. The summed E-state index contributed by atoms with van der Waals surface area (Å²) in [5, 5.41) is 7.01. The van der Waals surface area contributed by atoms with Gasteiger partial charge in [-0.2, -0.15) is 0 Å². The predicted molar refractivity (Wildman–Crippen MR) is 49.0 cm³/mol. The summed E-state index contributed by atoms with van der Waals surface area (Å²) in [6.45, 7) is 5.87. The molecule has 11 heavy (non-hydrogen) atoms. The van der Waals surface area contributed by atoms with Crippen LogP contribution in [-0.2, 0) is 0 Å². The van der Waals surface area contributed by atoms with E-state index in [2.05, 4.69) is 10.6 Å². The van der Waals surface area contributed by atoms with E-state index >= 15 is 0 Å². The fourth-order valence-corrected chi connectivity index (χ4v) is 0.778. The molecule has 0 radical (unpaired) electrons. The lowest BCUT2D eigenvalue weighted by atomic mass is 10.1. The summed E-state index contributed by atoms with van der Waals surface area (Å²) < 4.78 is 0. The van der Waals surface area contributed by atoms with Gasteiger partial charge in [0.2, 0.25) is 0 Å². The number of thiocarbonyl (C=S) groups is 1. The van der Waals surface area contributed by atoms with Crippen molar-refractivity contribution in [2.45, 2.75) is 26.3 Å². The van der Waals surface area contributed by atoms with E-state index in [4.69, 9.17) is 12.2 Å². The van der Waals surface area contributed by atoms with Crippen LogP contribution in [-0.4, -0.2) is 22.7 Å². The highest BCUT2D eigenvalue weighted by molar-refractivity contribution is 7.80. The quantitative estimate of drug-likeness (QED) is 0.370. The molecule has 0 heterocycles. The Hall–Kier alpha value is -0.710. The molecule has 5 heteroatoms. The standard InChI is InChI=1S/C6H13N3OS/c1-6(2,3)7-5(11)9(4)8-10/h1-4H3,(H,7,11). The molecule has 0 aromatic heterocycles. The lowest BCUT2D eigenvalue weighted by Crippen LogP contribution is -2.45. The summed E-state index contributed by atoms with van der Waals surface area (Å²) in [6.07, 6.45) is 0. The summed E-state index contributed by atoms with van der Waals surface area (Å²) in [7, 11) is 1.51. The van der Waals surface area contributed by atoms with E-state index in [1.807, 2.05) is 20.8 Å². The van der Waals surface area contributed by atoms with Crippen LogP contribution in [0, 0.1) is 4.91 Å². The molecule has 0 spiro atoms. The molecule has 0 bridgehead atoms. The van der Waals surface area contributed by atoms with Gasteiger partial charge in [-0.05, 0) is 33.0 Å². The van der Waals surface area contributed by atoms with Gasteiger partial charge in [-0.15, -0.1) is 4.91 Å². The van der Waals surface area contributed by atoms with Crippen LogP contribution in [0.5, 0.6) is 0 Å². The molecule has 0 aliphatic carbocycles. The van der Waals surface area contributed by atoms with Crippen molar-refractivity contribution in [2.24, 2.45) is 5.29 Å². The highest BCUT2D eigenvalue weighted by atomic mass is 32.1. The van der Waals surface area contributed by atoms with Crippen molar-refractivity contribution in [3.05, 3.63) is 4.91 Å². The summed E-state index contributed by atoms with van der Waals surface area (Å²) in [4.78, 5) is 9.98. The van der Waals surface area contributed by atoms with Gasteiger partial charge in [-0.3, -0.25) is 0 Å². The lowest BCUT2D eigenvalue weighted by Gasteiger charge is -2.24. The number of nitrogens with zero attached hydrogens (tertiary/aromatic N) is 2. The Bertz CT molecular complexity index is 164. The lowest BCUT2D eigenvalue weighted by molar-refractivity contribution is 0.452. The number of nitroso groups, excluding NO2 is 1. The Morgan fingerprint density at radius 2 is 2.00 bits per heavy atom. The van der Waals surface area contributed by atoms with E-state index in [1.165, 1.54) is 7.05 Å². The second-order valence-corrected chi connectivity index (χ2v) is 3.67. The molecule has 0 atom stereocenters. The van der Waals surface area contributed by atoms with Crippen molar-refractivity contribution < 1.29 is 0 Å². The largest absolute Gasteiger partial charge is 0.356 e. The first-order chi connectivity index (χ1) is 4.87. The van der Waals surface area contributed by atoms with Crippen molar-refractivity contribution >= 4 is 17.3 Å². The van der Waals surface area contributed by atoms with Crippen molar-refractivity contribution in [3.8, 4) is 0 Å².